The Morgan fingerprint density at radius 2 is 2.06 bits per heavy atom. The van der Waals surface area contributed by atoms with E-state index in [0.717, 1.165) is 26.3 Å². The molecule has 0 spiro atoms. The van der Waals surface area contributed by atoms with Crippen molar-refractivity contribution < 1.29 is 9.64 Å². The molecule has 94 valence electrons. The minimum atomic E-state index is -0.0698. The summed E-state index contributed by atoms with van der Waals surface area (Å²) in [5, 5.41) is 8.69. The highest BCUT2D eigenvalue weighted by Crippen LogP contribution is 2.02. The molecule has 1 fully saturated rings. The molecule has 0 bridgehead atoms. The van der Waals surface area contributed by atoms with Crippen molar-refractivity contribution in [3.8, 4) is 0 Å². The normalized spacial score (nSPS) is 17.1. The van der Waals surface area contributed by atoms with Crippen LogP contribution in [0.5, 0.6) is 0 Å². The Kier molecular flexibility index (Phi) is 3.04. The molecule has 1 N–H and O–H groups in total. The molecule has 1 aliphatic rings. The van der Waals surface area contributed by atoms with Crippen LogP contribution < -0.4 is 10.5 Å². The minimum Gasteiger partial charge on any atom is -0.370 e. The molecule has 18 heavy (non-hydrogen) atoms. The van der Waals surface area contributed by atoms with E-state index in [1.165, 1.54) is 9.58 Å². The highest BCUT2D eigenvalue weighted by Gasteiger charge is 2.16. The van der Waals surface area contributed by atoms with Gasteiger partial charge in [0.2, 0.25) is 0 Å². The van der Waals surface area contributed by atoms with Crippen LogP contribution in [0.15, 0.2) is 29.1 Å². The molecule has 2 heterocycles. The van der Waals surface area contributed by atoms with Crippen LogP contribution in [0.3, 0.4) is 0 Å². The number of benzene rings is 1. The first-order valence-electron chi connectivity index (χ1n) is 6.08. The Balaban J connectivity index is 1.92. The topological polar surface area (TPSA) is 61.5 Å². The minimum absolute atomic E-state index is 0.0698. The number of nitrogens with one attached hydrogen (secondary N) is 1. The van der Waals surface area contributed by atoms with E-state index in [1.54, 1.807) is 12.1 Å². The lowest BCUT2D eigenvalue weighted by atomic mass is 10.2. The molecular formula is C12H15N4O2+. The Hall–Kier alpha value is -1.79. The van der Waals surface area contributed by atoms with E-state index in [-0.39, 0.29) is 5.56 Å². The van der Waals surface area contributed by atoms with Crippen LogP contribution in [0.1, 0.15) is 0 Å². The lowest BCUT2D eigenvalue weighted by molar-refractivity contribution is -0.931. The SMILES string of the molecule is O=c1c2ccccc2nnn1C[NH+]1CCOCC1. The molecule has 0 radical (unpaired) electrons. The second-order valence-corrected chi connectivity index (χ2v) is 4.43. The first-order valence-corrected chi connectivity index (χ1v) is 6.08. The molecule has 1 aliphatic heterocycles. The van der Waals surface area contributed by atoms with Gasteiger partial charge in [-0.3, -0.25) is 4.79 Å². The van der Waals surface area contributed by atoms with E-state index in [1.807, 2.05) is 12.1 Å². The quantitative estimate of drug-likeness (QED) is 0.714. The highest BCUT2D eigenvalue weighted by molar-refractivity contribution is 5.76. The van der Waals surface area contributed by atoms with Gasteiger partial charge in [-0.05, 0) is 12.1 Å². The predicted octanol–water partition coefficient (Wildman–Crippen LogP) is -1.34. The average Bonchev–Trinajstić information content (AvgIpc) is 2.43. The number of nitrogens with zero attached hydrogens (tertiary/aromatic N) is 3. The van der Waals surface area contributed by atoms with Crippen molar-refractivity contribution in [3.05, 3.63) is 34.6 Å². The smallest absolute Gasteiger partial charge is 0.282 e. The summed E-state index contributed by atoms with van der Waals surface area (Å²) in [6, 6.07) is 7.29. The molecule has 0 atom stereocenters. The van der Waals surface area contributed by atoms with Crippen molar-refractivity contribution in [1.82, 2.24) is 15.0 Å². The van der Waals surface area contributed by atoms with Crippen molar-refractivity contribution in [2.24, 2.45) is 0 Å². The van der Waals surface area contributed by atoms with Gasteiger partial charge in [-0.1, -0.05) is 17.3 Å². The summed E-state index contributed by atoms with van der Waals surface area (Å²) in [7, 11) is 0. The number of morpholine rings is 1. The van der Waals surface area contributed by atoms with Crippen LogP contribution in [0.2, 0.25) is 0 Å². The first kappa shape index (κ1) is 11.3. The van der Waals surface area contributed by atoms with Crippen molar-refractivity contribution in [3.63, 3.8) is 0 Å². The van der Waals surface area contributed by atoms with Crippen molar-refractivity contribution in [2.45, 2.75) is 6.67 Å². The van der Waals surface area contributed by atoms with E-state index in [4.69, 9.17) is 4.74 Å². The second kappa shape index (κ2) is 4.83. The summed E-state index contributed by atoms with van der Waals surface area (Å²) in [5.41, 5.74) is 0.579. The monoisotopic (exact) mass is 247 g/mol. The molecule has 6 nitrogen and oxygen atoms in total. The summed E-state index contributed by atoms with van der Waals surface area (Å²) in [6.45, 7) is 3.85. The van der Waals surface area contributed by atoms with Gasteiger partial charge >= 0.3 is 0 Å². The van der Waals surface area contributed by atoms with Crippen LogP contribution >= 0.6 is 0 Å². The maximum Gasteiger partial charge on any atom is 0.282 e. The second-order valence-electron chi connectivity index (χ2n) is 4.43. The Morgan fingerprint density at radius 3 is 2.89 bits per heavy atom. The third-order valence-electron chi connectivity index (χ3n) is 3.20. The molecule has 6 heteroatoms. The number of rotatable bonds is 2. The fraction of sp³-hybridized carbons (Fsp3) is 0.417. The maximum absolute atomic E-state index is 12.2. The van der Waals surface area contributed by atoms with Gasteiger partial charge in [0.05, 0.1) is 18.6 Å². The zero-order valence-electron chi connectivity index (χ0n) is 10.0. The highest BCUT2D eigenvalue weighted by atomic mass is 16.5. The van der Waals surface area contributed by atoms with E-state index < -0.39 is 0 Å². The summed E-state index contributed by atoms with van der Waals surface area (Å²) in [5.74, 6) is 0. The van der Waals surface area contributed by atoms with E-state index in [2.05, 4.69) is 10.3 Å². The van der Waals surface area contributed by atoms with E-state index in [9.17, 15) is 4.79 Å². The summed E-state index contributed by atoms with van der Waals surface area (Å²) >= 11 is 0. The van der Waals surface area contributed by atoms with Crippen molar-refractivity contribution in [1.29, 1.82) is 0 Å². The molecule has 1 aromatic carbocycles. The van der Waals surface area contributed by atoms with Gasteiger partial charge < -0.3 is 9.64 Å². The van der Waals surface area contributed by atoms with Crippen LogP contribution in [-0.2, 0) is 11.4 Å². The molecule has 3 rings (SSSR count). The number of ether oxygens (including phenoxy) is 1. The first-order chi connectivity index (χ1) is 8.84. The average molecular weight is 247 g/mol. The van der Waals surface area contributed by atoms with E-state index in [0.29, 0.717) is 17.6 Å². The number of quaternary nitrogens is 1. The van der Waals surface area contributed by atoms with Gasteiger partial charge in [0, 0.05) is 0 Å². The third-order valence-corrected chi connectivity index (χ3v) is 3.20. The molecule has 0 aliphatic carbocycles. The molecular weight excluding hydrogens is 232 g/mol. The number of aromatic nitrogens is 3. The molecule has 0 unspecified atom stereocenters. The summed E-state index contributed by atoms with van der Waals surface area (Å²) < 4.78 is 6.74. The summed E-state index contributed by atoms with van der Waals surface area (Å²) in [6.07, 6.45) is 0. The Bertz CT molecular complexity index is 604. The van der Waals surface area contributed by atoms with Gasteiger partial charge in [-0.25, -0.2) is 0 Å². The predicted molar refractivity (Wildman–Crippen MR) is 65.3 cm³/mol. The lowest BCUT2D eigenvalue weighted by Gasteiger charge is -2.23. The van der Waals surface area contributed by atoms with Crippen LogP contribution in [0, 0.1) is 0 Å². The largest absolute Gasteiger partial charge is 0.370 e. The van der Waals surface area contributed by atoms with Crippen LogP contribution in [-0.4, -0.2) is 41.3 Å². The fourth-order valence-corrected chi connectivity index (χ4v) is 2.16. The van der Waals surface area contributed by atoms with Gasteiger partial charge in [-0.15, -0.1) is 5.10 Å². The summed E-state index contributed by atoms with van der Waals surface area (Å²) in [4.78, 5) is 13.5. The van der Waals surface area contributed by atoms with Crippen molar-refractivity contribution in [2.75, 3.05) is 26.3 Å². The lowest BCUT2D eigenvalue weighted by Crippen LogP contribution is -3.13. The molecule has 1 saturated heterocycles. The van der Waals surface area contributed by atoms with Crippen LogP contribution in [0.4, 0.5) is 0 Å². The van der Waals surface area contributed by atoms with E-state index >= 15 is 0 Å². The maximum atomic E-state index is 12.2. The molecule has 0 amide bonds. The number of fused-ring (bicyclic) bond motifs is 1. The Labute approximate surface area is 104 Å². The van der Waals surface area contributed by atoms with Gasteiger partial charge in [0.25, 0.3) is 5.56 Å². The van der Waals surface area contributed by atoms with Gasteiger partial charge in [0.1, 0.15) is 18.6 Å². The fourth-order valence-electron chi connectivity index (χ4n) is 2.16. The van der Waals surface area contributed by atoms with Gasteiger partial charge in [-0.2, -0.15) is 4.68 Å². The number of hydrogen-bond donors (Lipinski definition) is 1. The van der Waals surface area contributed by atoms with Crippen LogP contribution in [0.25, 0.3) is 10.9 Å². The molecule has 2 aromatic rings. The Morgan fingerprint density at radius 1 is 1.28 bits per heavy atom. The number of hydrogen-bond acceptors (Lipinski definition) is 4. The zero-order chi connectivity index (χ0) is 12.4. The third kappa shape index (κ3) is 2.12. The standard InChI is InChI=1S/C12H14N4O2/c17-12-10-3-1-2-4-11(10)13-14-16(12)9-15-5-7-18-8-6-15/h1-4H,5-9H2/p+1. The molecule has 1 aromatic heterocycles. The van der Waals surface area contributed by atoms with Crippen molar-refractivity contribution >= 4 is 10.9 Å². The van der Waals surface area contributed by atoms with Gasteiger partial charge in [0.15, 0.2) is 6.67 Å². The molecule has 0 saturated carbocycles. The zero-order valence-corrected chi connectivity index (χ0v) is 10.0.